The molecule has 0 bridgehead atoms. The molecule has 0 radical (unpaired) electrons. The van der Waals surface area contributed by atoms with Gasteiger partial charge in [0.05, 0.1) is 24.5 Å². The van der Waals surface area contributed by atoms with Crippen LogP contribution in [0.4, 0.5) is 0 Å². The predicted octanol–water partition coefficient (Wildman–Crippen LogP) is 4.71. The highest BCUT2D eigenvalue weighted by Crippen LogP contribution is 2.68. The van der Waals surface area contributed by atoms with Gasteiger partial charge < -0.3 is 25.0 Å². The second-order valence-corrected chi connectivity index (χ2v) is 12.5. The zero-order valence-electron chi connectivity index (χ0n) is 20.5. The second kappa shape index (κ2) is 8.68. The van der Waals surface area contributed by atoms with E-state index >= 15 is 0 Å². The Morgan fingerprint density at radius 2 is 1.97 bits per heavy atom. The van der Waals surface area contributed by atoms with E-state index in [0.29, 0.717) is 29.6 Å². The van der Waals surface area contributed by atoms with E-state index in [-0.39, 0.29) is 29.4 Å². The maximum absolute atomic E-state index is 13.6. The van der Waals surface area contributed by atoms with Crippen molar-refractivity contribution in [3.05, 3.63) is 51.5 Å². The fourth-order valence-electron chi connectivity index (χ4n) is 6.34. The van der Waals surface area contributed by atoms with Gasteiger partial charge in [0, 0.05) is 35.6 Å². The maximum Gasteiger partial charge on any atom is 0.143 e. The summed E-state index contributed by atoms with van der Waals surface area (Å²) in [5.41, 5.74) is 1.00. The standard InChI is InChI=1S/C27H32BrNO5S/c1-25(2)20(32)10-21(35-14-15-5-7-18(33-4)8-6-15)27-11-17(13-30)29-12-16-9-19(31)23(28)24(22(16)27)34-26(25,27)3/h5-9,17,21,29-31H,10-14H2,1-4H3/t17-,21+,26+,27+/m0/s1. The monoisotopic (exact) mass is 561 g/mol. The number of aliphatic hydroxyl groups is 1. The first-order chi connectivity index (χ1) is 16.6. The van der Waals surface area contributed by atoms with Gasteiger partial charge in [0.25, 0.3) is 0 Å². The summed E-state index contributed by atoms with van der Waals surface area (Å²) in [7, 11) is 1.65. The molecule has 2 aromatic carbocycles. The Morgan fingerprint density at radius 1 is 1.26 bits per heavy atom. The summed E-state index contributed by atoms with van der Waals surface area (Å²) in [6, 6.07) is 9.66. The lowest BCUT2D eigenvalue weighted by Gasteiger charge is -2.58. The normalized spacial score (nSPS) is 30.7. The van der Waals surface area contributed by atoms with E-state index in [0.717, 1.165) is 28.2 Å². The Kier molecular flexibility index (Phi) is 6.18. The van der Waals surface area contributed by atoms with Gasteiger partial charge in [-0.1, -0.05) is 12.1 Å². The van der Waals surface area contributed by atoms with Crippen molar-refractivity contribution in [3.8, 4) is 17.2 Å². The Labute approximate surface area is 218 Å². The van der Waals surface area contributed by atoms with Crippen LogP contribution in [0.2, 0.25) is 0 Å². The number of ketones is 1. The number of aliphatic hydroxyl groups excluding tert-OH is 1. The number of Topliss-reactive ketones (excluding diaryl/α,β-unsaturated/α-hetero) is 1. The molecule has 2 heterocycles. The molecule has 4 atom stereocenters. The van der Waals surface area contributed by atoms with Crippen molar-refractivity contribution in [2.24, 2.45) is 5.41 Å². The Morgan fingerprint density at radius 3 is 2.63 bits per heavy atom. The summed E-state index contributed by atoms with van der Waals surface area (Å²) >= 11 is 5.35. The van der Waals surface area contributed by atoms with Gasteiger partial charge >= 0.3 is 0 Å². The molecular formula is C27H32BrNO5S. The zero-order chi connectivity index (χ0) is 25.2. The quantitative estimate of drug-likeness (QED) is 0.487. The number of halogens is 1. The lowest BCUT2D eigenvalue weighted by atomic mass is 9.49. The van der Waals surface area contributed by atoms with E-state index in [9.17, 15) is 15.0 Å². The van der Waals surface area contributed by atoms with Crippen LogP contribution in [0.5, 0.6) is 17.2 Å². The van der Waals surface area contributed by atoms with Gasteiger partial charge in [0.15, 0.2) is 0 Å². The van der Waals surface area contributed by atoms with Crippen LogP contribution in [0, 0.1) is 5.41 Å². The number of phenolic OH excluding ortho intramolecular Hbond substituents is 1. The summed E-state index contributed by atoms with van der Waals surface area (Å²) in [4.78, 5) is 13.6. The lowest BCUT2D eigenvalue weighted by molar-refractivity contribution is -0.154. The number of thioether (sulfide) groups is 1. The van der Waals surface area contributed by atoms with Crippen LogP contribution >= 0.6 is 27.7 Å². The number of carbonyl (C=O) groups excluding carboxylic acids is 1. The van der Waals surface area contributed by atoms with Crippen molar-refractivity contribution in [2.45, 2.75) is 68.2 Å². The van der Waals surface area contributed by atoms with Crippen LogP contribution < -0.4 is 14.8 Å². The number of rotatable bonds is 5. The van der Waals surface area contributed by atoms with E-state index in [1.165, 1.54) is 0 Å². The molecular weight excluding hydrogens is 530 g/mol. The summed E-state index contributed by atoms with van der Waals surface area (Å²) in [5, 5.41) is 24.4. The molecule has 6 nitrogen and oxygen atoms in total. The van der Waals surface area contributed by atoms with Gasteiger partial charge in [0.1, 0.15) is 33.1 Å². The number of methoxy groups -OCH3 is 1. The van der Waals surface area contributed by atoms with Crippen molar-refractivity contribution in [2.75, 3.05) is 13.7 Å². The number of hydrogen-bond donors (Lipinski definition) is 3. The molecule has 1 saturated carbocycles. The zero-order valence-corrected chi connectivity index (χ0v) is 22.9. The molecule has 8 heteroatoms. The third-order valence-corrected chi connectivity index (χ3v) is 10.9. The first-order valence-corrected chi connectivity index (χ1v) is 13.8. The molecule has 188 valence electrons. The molecule has 5 rings (SSSR count). The van der Waals surface area contributed by atoms with Crippen molar-refractivity contribution in [1.82, 2.24) is 5.32 Å². The molecule has 0 aromatic heterocycles. The Hall–Kier alpha value is -1.74. The van der Waals surface area contributed by atoms with Crippen LogP contribution in [0.15, 0.2) is 34.8 Å². The third-order valence-electron chi connectivity index (χ3n) is 8.68. The molecule has 0 saturated heterocycles. The largest absolute Gasteiger partial charge is 0.507 e. The lowest BCUT2D eigenvalue weighted by Crippen LogP contribution is -2.69. The molecule has 2 aliphatic heterocycles. The SMILES string of the molecule is COc1ccc(CS[C@@H]2CC(=O)C(C)(C)[C@@]3(C)Oc4c(Br)c(O)cc5c4[C@@]23C[C@@H](CO)NC5)cc1. The number of benzene rings is 2. The topological polar surface area (TPSA) is 88.0 Å². The Bertz CT molecular complexity index is 1170. The van der Waals surface area contributed by atoms with Gasteiger partial charge in [0.2, 0.25) is 0 Å². The van der Waals surface area contributed by atoms with E-state index in [2.05, 4.69) is 40.3 Å². The van der Waals surface area contributed by atoms with E-state index in [1.54, 1.807) is 24.9 Å². The van der Waals surface area contributed by atoms with Gasteiger partial charge in [-0.3, -0.25) is 4.79 Å². The highest BCUT2D eigenvalue weighted by molar-refractivity contribution is 9.10. The summed E-state index contributed by atoms with van der Waals surface area (Å²) in [6.45, 7) is 6.51. The first kappa shape index (κ1) is 24.9. The van der Waals surface area contributed by atoms with Crippen LogP contribution in [0.1, 0.15) is 50.3 Å². The molecule has 3 N–H and O–H groups in total. The average Bonchev–Trinajstić information content (AvgIpc) is 3.01. The van der Waals surface area contributed by atoms with E-state index in [1.807, 2.05) is 26.0 Å². The maximum atomic E-state index is 13.6. The summed E-state index contributed by atoms with van der Waals surface area (Å²) < 4.78 is 12.6. The van der Waals surface area contributed by atoms with Gasteiger partial charge in [-0.15, -0.1) is 0 Å². The number of phenols is 1. The molecule has 35 heavy (non-hydrogen) atoms. The molecule has 0 unspecified atom stereocenters. The molecule has 1 fully saturated rings. The van der Waals surface area contributed by atoms with E-state index < -0.39 is 16.4 Å². The Balaban J connectivity index is 1.67. The highest BCUT2D eigenvalue weighted by Gasteiger charge is 2.73. The van der Waals surface area contributed by atoms with Crippen LogP contribution in [-0.2, 0) is 22.5 Å². The number of ether oxygens (including phenoxy) is 2. The highest BCUT2D eigenvalue weighted by atomic mass is 79.9. The number of nitrogens with one attached hydrogen (secondary N) is 1. The fraction of sp³-hybridized carbons (Fsp3) is 0.519. The summed E-state index contributed by atoms with van der Waals surface area (Å²) in [5.74, 6) is 2.46. The van der Waals surface area contributed by atoms with Crippen molar-refractivity contribution >= 4 is 33.5 Å². The number of aromatic hydroxyl groups is 1. The van der Waals surface area contributed by atoms with Gasteiger partial charge in [-0.2, -0.15) is 11.8 Å². The summed E-state index contributed by atoms with van der Waals surface area (Å²) in [6.07, 6.45) is 1.05. The molecule has 1 spiro atoms. The average molecular weight is 563 g/mol. The molecule has 2 aromatic rings. The van der Waals surface area contributed by atoms with Gasteiger partial charge in [-0.25, -0.2) is 0 Å². The minimum absolute atomic E-state index is 0.0153. The first-order valence-electron chi connectivity index (χ1n) is 11.9. The minimum Gasteiger partial charge on any atom is -0.507 e. The fourth-order valence-corrected chi connectivity index (χ4v) is 8.31. The van der Waals surface area contributed by atoms with Crippen molar-refractivity contribution < 1.29 is 24.5 Å². The van der Waals surface area contributed by atoms with Crippen molar-refractivity contribution in [1.29, 1.82) is 0 Å². The number of hydrogen-bond acceptors (Lipinski definition) is 7. The predicted molar refractivity (Wildman–Crippen MR) is 140 cm³/mol. The number of carbonyl (C=O) groups is 1. The van der Waals surface area contributed by atoms with Crippen LogP contribution in [0.25, 0.3) is 0 Å². The molecule has 0 amide bonds. The van der Waals surface area contributed by atoms with Crippen molar-refractivity contribution in [3.63, 3.8) is 0 Å². The molecule has 1 aliphatic carbocycles. The van der Waals surface area contributed by atoms with Crippen LogP contribution in [0.3, 0.4) is 0 Å². The van der Waals surface area contributed by atoms with Crippen LogP contribution in [-0.4, -0.2) is 46.6 Å². The van der Waals surface area contributed by atoms with Gasteiger partial charge in [-0.05, 0) is 72.4 Å². The second-order valence-electron chi connectivity index (χ2n) is 10.5. The third kappa shape index (κ3) is 3.47. The molecule has 3 aliphatic rings. The van der Waals surface area contributed by atoms with E-state index in [4.69, 9.17) is 9.47 Å². The smallest absolute Gasteiger partial charge is 0.143 e. The minimum atomic E-state index is -0.861.